The molecular weight excluding hydrogens is 300 g/mol. The molecule has 4 nitrogen and oxygen atoms in total. The van der Waals surface area contributed by atoms with Crippen molar-refractivity contribution in [3.8, 4) is 0 Å². The first-order chi connectivity index (χ1) is 11.5. The molecule has 1 fully saturated rings. The van der Waals surface area contributed by atoms with Crippen LogP contribution in [0.4, 0.5) is 0 Å². The summed E-state index contributed by atoms with van der Waals surface area (Å²) in [6.07, 6.45) is 1.03. The second-order valence-electron chi connectivity index (χ2n) is 6.50. The molecule has 0 aromatic heterocycles. The lowest BCUT2D eigenvalue weighted by Gasteiger charge is -2.26. The fourth-order valence-electron chi connectivity index (χ4n) is 2.92. The Bertz CT molecular complexity index is 602. The van der Waals surface area contributed by atoms with Crippen molar-refractivity contribution in [1.82, 2.24) is 10.2 Å². The van der Waals surface area contributed by atoms with E-state index >= 15 is 0 Å². The van der Waals surface area contributed by atoms with Gasteiger partial charge in [0, 0.05) is 31.7 Å². The molecular formula is C20H30N2O2. The predicted molar refractivity (Wildman–Crippen MR) is 99.3 cm³/mol. The van der Waals surface area contributed by atoms with E-state index in [1.54, 1.807) is 0 Å². The Hall–Kier alpha value is -1.65. The molecule has 0 saturated carbocycles. The molecule has 0 unspecified atom stereocenters. The number of morpholine rings is 1. The van der Waals surface area contributed by atoms with E-state index in [2.05, 4.69) is 37.9 Å². The highest BCUT2D eigenvalue weighted by Crippen LogP contribution is 2.24. The maximum atomic E-state index is 12.4. The number of amides is 1. The van der Waals surface area contributed by atoms with Gasteiger partial charge >= 0.3 is 0 Å². The standard InChI is InChI=1S/C20H30N2O2/c1-5-15(2)17(4)19-14-18(7-6-16(19)3)20(23)21-8-9-22-10-12-24-13-11-22/h6-7,14H,5,8-13H2,1-4H3,(H,21,23)/b17-15-. The maximum absolute atomic E-state index is 12.4. The molecule has 132 valence electrons. The number of carbonyl (C=O) groups is 1. The van der Waals surface area contributed by atoms with Crippen LogP contribution in [-0.4, -0.2) is 50.2 Å². The van der Waals surface area contributed by atoms with Crippen LogP contribution in [0.1, 0.15) is 48.7 Å². The number of hydrogen-bond acceptors (Lipinski definition) is 3. The van der Waals surface area contributed by atoms with Crippen molar-refractivity contribution in [2.75, 3.05) is 39.4 Å². The van der Waals surface area contributed by atoms with Crippen molar-refractivity contribution in [2.24, 2.45) is 0 Å². The second-order valence-corrected chi connectivity index (χ2v) is 6.50. The van der Waals surface area contributed by atoms with E-state index in [1.807, 2.05) is 18.2 Å². The number of rotatable bonds is 6. The molecule has 1 saturated heterocycles. The highest BCUT2D eigenvalue weighted by Gasteiger charge is 2.12. The topological polar surface area (TPSA) is 41.6 Å². The monoisotopic (exact) mass is 330 g/mol. The second kappa shape index (κ2) is 9.00. The average molecular weight is 330 g/mol. The molecule has 0 radical (unpaired) electrons. The summed E-state index contributed by atoms with van der Waals surface area (Å²) in [5.74, 6) is 0.00598. The predicted octanol–water partition coefficient (Wildman–Crippen LogP) is 3.26. The van der Waals surface area contributed by atoms with Crippen LogP contribution in [0.15, 0.2) is 23.8 Å². The molecule has 4 heteroatoms. The first kappa shape index (κ1) is 18.7. The Balaban J connectivity index is 1.99. The van der Waals surface area contributed by atoms with Crippen LogP contribution in [0.2, 0.25) is 0 Å². The van der Waals surface area contributed by atoms with E-state index in [0.29, 0.717) is 6.54 Å². The number of hydrogen-bond donors (Lipinski definition) is 1. The Morgan fingerprint density at radius 2 is 1.96 bits per heavy atom. The van der Waals surface area contributed by atoms with E-state index in [0.717, 1.165) is 44.8 Å². The minimum atomic E-state index is 0.00598. The molecule has 2 rings (SSSR count). The van der Waals surface area contributed by atoms with Crippen LogP contribution in [0.25, 0.3) is 5.57 Å². The van der Waals surface area contributed by atoms with Gasteiger partial charge in [0.25, 0.3) is 5.91 Å². The smallest absolute Gasteiger partial charge is 0.251 e. The Labute approximate surface area is 145 Å². The van der Waals surface area contributed by atoms with Crippen LogP contribution in [-0.2, 0) is 4.74 Å². The largest absolute Gasteiger partial charge is 0.379 e. The van der Waals surface area contributed by atoms with E-state index in [4.69, 9.17) is 4.74 Å². The maximum Gasteiger partial charge on any atom is 0.251 e. The molecule has 1 aliphatic rings. The van der Waals surface area contributed by atoms with Gasteiger partial charge in [-0.25, -0.2) is 0 Å². The molecule has 0 spiro atoms. The molecule has 0 bridgehead atoms. The number of allylic oxidation sites excluding steroid dienone is 2. The minimum Gasteiger partial charge on any atom is -0.379 e. The Kier molecular flexibility index (Phi) is 7.00. The lowest BCUT2D eigenvalue weighted by molar-refractivity contribution is 0.0383. The third-order valence-electron chi connectivity index (χ3n) is 4.89. The number of ether oxygens (including phenoxy) is 1. The molecule has 1 heterocycles. The molecule has 1 aromatic rings. The van der Waals surface area contributed by atoms with Crippen molar-refractivity contribution in [3.05, 3.63) is 40.5 Å². The van der Waals surface area contributed by atoms with Gasteiger partial charge in [-0.05, 0) is 56.0 Å². The summed E-state index contributed by atoms with van der Waals surface area (Å²) >= 11 is 0. The number of carbonyl (C=O) groups excluding carboxylic acids is 1. The highest BCUT2D eigenvalue weighted by molar-refractivity contribution is 5.95. The van der Waals surface area contributed by atoms with E-state index in [9.17, 15) is 4.79 Å². The summed E-state index contributed by atoms with van der Waals surface area (Å²) in [5.41, 5.74) is 5.77. The van der Waals surface area contributed by atoms with Crippen LogP contribution in [0, 0.1) is 6.92 Å². The summed E-state index contributed by atoms with van der Waals surface area (Å²) in [5, 5.41) is 3.04. The normalized spacial score (nSPS) is 16.7. The van der Waals surface area contributed by atoms with E-state index in [-0.39, 0.29) is 5.91 Å². The van der Waals surface area contributed by atoms with Crippen LogP contribution >= 0.6 is 0 Å². The van der Waals surface area contributed by atoms with E-state index in [1.165, 1.54) is 22.3 Å². The van der Waals surface area contributed by atoms with E-state index < -0.39 is 0 Å². The van der Waals surface area contributed by atoms with Crippen molar-refractivity contribution >= 4 is 11.5 Å². The van der Waals surface area contributed by atoms with Gasteiger partial charge in [0.1, 0.15) is 0 Å². The average Bonchev–Trinajstić information content (AvgIpc) is 2.61. The van der Waals surface area contributed by atoms with Crippen molar-refractivity contribution in [1.29, 1.82) is 0 Å². The number of aryl methyl sites for hydroxylation is 1. The van der Waals surface area contributed by atoms with Gasteiger partial charge in [-0.1, -0.05) is 18.6 Å². The van der Waals surface area contributed by atoms with Crippen LogP contribution < -0.4 is 5.32 Å². The Morgan fingerprint density at radius 3 is 2.62 bits per heavy atom. The molecule has 0 atom stereocenters. The first-order valence-electron chi connectivity index (χ1n) is 8.88. The third kappa shape index (κ3) is 4.92. The summed E-state index contributed by atoms with van der Waals surface area (Å²) in [4.78, 5) is 14.8. The number of benzene rings is 1. The van der Waals surface area contributed by atoms with Gasteiger partial charge in [-0.15, -0.1) is 0 Å². The molecule has 24 heavy (non-hydrogen) atoms. The van der Waals surface area contributed by atoms with Gasteiger partial charge in [0.05, 0.1) is 13.2 Å². The van der Waals surface area contributed by atoms with Gasteiger partial charge in [-0.2, -0.15) is 0 Å². The molecule has 1 amide bonds. The molecule has 0 aliphatic carbocycles. The first-order valence-corrected chi connectivity index (χ1v) is 8.88. The zero-order valence-electron chi connectivity index (χ0n) is 15.4. The fraction of sp³-hybridized carbons (Fsp3) is 0.550. The van der Waals surface area contributed by atoms with Crippen molar-refractivity contribution in [2.45, 2.75) is 34.1 Å². The molecule has 1 N–H and O–H groups in total. The minimum absolute atomic E-state index is 0.00598. The fourth-order valence-corrected chi connectivity index (χ4v) is 2.92. The third-order valence-corrected chi connectivity index (χ3v) is 4.89. The zero-order chi connectivity index (χ0) is 17.5. The zero-order valence-corrected chi connectivity index (χ0v) is 15.4. The van der Waals surface area contributed by atoms with Gasteiger partial charge in [0.15, 0.2) is 0 Å². The number of nitrogens with zero attached hydrogens (tertiary/aromatic N) is 1. The molecule has 1 aromatic carbocycles. The van der Waals surface area contributed by atoms with Crippen molar-refractivity contribution < 1.29 is 9.53 Å². The van der Waals surface area contributed by atoms with Crippen LogP contribution in [0.5, 0.6) is 0 Å². The number of nitrogens with one attached hydrogen (secondary N) is 1. The Morgan fingerprint density at radius 1 is 1.25 bits per heavy atom. The lowest BCUT2D eigenvalue weighted by atomic mass is 9.95. The van der Waals surface area contributed by atoms with Crippen molar-refractivity contribution in [3.63, 3.8) is 0 Å². The van der Waals surface area contributed by atoms with Crippen LogP contribution in [0.3, 0.4) is 0 Å². The quantitative estimate of drug-likeness (QED) is 0.870. The van der Waals surface area contributed by atoms with Gasteiger partial charge in [-0.3, -0.25) is 9.69 Å². The highest BCUT2D eigenvalue weighted by atomic mass is 16.5. The van der Waals surface area contributed by atoms with Gasteiger partial charge < -0.3 is 10.1 Å². The summed E-state index contributed by atoms with van der Waals surface area (Å²) in [6, 6.07) is 5.98. The summed E-state index contributed by atoms with van der Waals surface area (Å²) in [7, 11) is 0. The lowest BCUT2D eigenvalue weighted by Crippen LogP contribution is -2.41. The SMILES string of the molecule is CC/C(C)=C(/C)c1cc(C(=O)NCCN2CCOCC2)ccc1C. The summed E-state index contributed by atoms with van der Waals surface area (Å²) in [6.45, 7) is 13.6. The molecule has 1 aliphatic heterocycles. The van der Waals surface area contributed by atoms with Gasteiger partial charge in [0.2, 0.25) is 0 Å². The summed E-state index contributed by atoms with van der Waals surface area (Å²) < 4.78 is 5.34.